The molecular formula is C18H26N2O2. The maximum Gasteiger partial charge on any atom is 0.223 e. The van der Waals surface area contributed by atoms with Gasteiger partial charge in [0.25, 0.3) is 0 Å². The van der Waals surface area contributed by atoms with E-state index in [1.807, 2.05) is 18.2 Å². The average molecular weight is 302 g/mol. The maximum atomic E-state index is 12.6. The average Bonchev–Trinajstić information content (AvgIpc) is 3.09. The predicted molar refractivity (Wildman–Crippen MR) is 86.5 cm³/mol. The molecular weight excluding hydrogens is 276 g/mol. The first-order valence-corrected chi connectivity index (χ1v) is 8.46. The minimum atomic E-state index is 0.107. The smallest absolute Gasteiger partial charge is 0.223 e. The van der Waals surface area contributed by atoms with Gasteiger partial charge in [0.15, 0.2) is 0 Å². The minimum Gasteiger partial charge on any atom is -0.381 e. The Morgan fingerprint density at radius 2 is 2.00 bits per heavy atom. The molecule has 2 unspecified atom stereocenters. The second kappa shape index (κ2) is 7.75. The molecule has 0 saturated carbocycles. The zero-order valence-electron chi connectivity index (χ0n) is 13.1. The Balaban J connectivity index is 1.65. The summed E-state index contributed by atoms with van der Waals surface area (Å²) >= 11 is 0. The van der Waals surface area contributed by atoms with Gasteiger partial charge in [-0.15, -0.1) is 0 Å². The molecule has 0 radical (unpaired) electrons. The molecule has 4 nitrogen and oxygen atoms in total. The first-order chi connectivity index (χ1) is 10.8. The highest BCUT2D eigenvalue weighted by Crippen LogP contribution is 2.27. The maximum absolute atomic E-state index is 12.6. The lowest BCUT2D eigenvalue weighted by Gasteiger charge is -2.27. The number of benzene rings is 1. The summed E-state index contributed by atoms with van der Waals surface area (Å²) in [7, 11) is 0. The van der Waals surface area contributed by atoms with Crippen molar-refractivity contribution in [3.05, 3.63) is 35.9 Å². The van der Waals surface area contributed by atoms with Gasteiger partial charge in [0.1, 0.15) is 0 Å². The quantitative estimate of drug-likeness (QED) is 0.877. The van der Waals surface area contributed by atoms with Crippen LogP contribution in [-0.2, 0) is 9.53 Å². The molecule has 0 spiro atoms. The lowest BCUT2D eigenvalue weighted by molar-refractivity contribution is -0.126. The van der Waals surface area contributed by atoms with Crippen LogP contribution >= 0.6 is 0 Å². The second-order valence-corrected chi connectivity index (χ2v) is 6.46. The fourth-order valence-electron chi connectivity index (χ4n) is 3.44. The summed E-state index contributed by atoms with van der Waals surface area (Å²) in [6.45, 7) is 3.58. The van der Waals surface area contributed by atoms with Crippen LogP contribution in [0.4, 0.5) is 0 Å². The molecule has 2 saturated heterocycles. The molecule has 0 aromatic heterocycles. The summed E-state index contributed by atoms with van der Waals surface area (Å²) in [5, 5.41) is 6.62. The van der Waals surface area contributed by atoms with Gasteiger partial charge in [-0.2, -0.15) is 0 Å². The summed E-state index contributed by atoms with van der Waals surface area (Å²) in [6, 6.07) is 10.4. The zero-order valence-corrected chi connectivity index (χ0v) is 13.1. The summed E-state index contributed by atoms with van der Waals surface area (Å²) in [5.41, 5.74) is 1.21. The topological polar surface area (TPSA) is 50.4 Å². The summed E-state index contributed by atoms with van der Waals surface area (Å²) < 4.78 is 5.49. The Kier molecular flexibility index (Phi) is 5.46. The van der Waals surface area contributed by atoms with Crippen LogP contribution in [0.1, 0.15) is 37.3 Å². The van der Waals surface area contributed by atoms with Crippen LogP contribution < -0.4 is 10.6 Å². The van der Waals surface area contributed by atoms with Crippen molar-refractivity contribution in [3.8, 4) is 0 Å². The first kappa shape index (κ1) is 15.5. The molecule has 2 fully saturated rings. The largest absolute Gasteiger partial charge is 0.381 e. The van der Waals surface area contributed by atoms with Crippen LogP contribution in [0.25, 0.3) is 0 Å². The van der Waals surface area contributed by atoms with E-state index >= 15 is 0 Å². The highest BCUT2D eigenvalue weighted by atomic mass is 16.5. The molecule has 22 heavy (non-hydrogen) atoms. The number of nitrogens with one attached hydrogen (secondary N) is 2. The van der Waals surface area contributed by atoms with Crippen molar-refractivity contribution in [3.63, 3.8) is 0 Å². The van der Waals surface area contributed by atoms with Gasteiger partial charge in [-0.3, -0.25) is 4.79 Å². The van der Waals surface area contributed by atoms with Crippen LogP contribution in [0.2, 0.25) is 0 Å². The second-order valence-electron chi connectivity index (χ2n) is 6.46. The third-order valence-electron chi connectivity index (χ3n) is 4.82. The number of rotatable bonds is 5. The number of carbonyl (C=O) groups is 1. The van der Waals surface area contributed by atoms with Gasteiger partial charge in [0.2, 0.25) is 5.91 Å². The molecule has 2 aliphatic heterocycles. The van der Waals surface area contributed by atoms with E-state index in [0.29, 0.717) is 5.92 Å². The molecule has 1 amide bonds. The summed E-state index contributed by atoms with van der Waals surface area (Å²) in [5.74, 6) is 0.931. The van der Waals surface area contributed by atoms with E-state index in [-0.39, 0.29) is 17.9 Å². The Morgan fingerprint density at radius 1 is 1.23 bits per heavy atom. The number of carbonyl (C=O) groups excluding carboxylic acids is 1. The molecule has 3 rings (SSSR count). The molecule has 120 valence electrons. The van der Waals surface area contributed by atoms with Crippen molar-refractivity contribution >= 4 is 5.91 Å². The van der Waals surface area contributed by atoms with Gasteiger partial charge < -0.3 is 15.4 Å². The fourth-order valence-corrected chi connectivity index (χ4v) is 3.44. The van der Waals surface area contributed by atoms with Gasteiger partial charge in [0, 0.05) is 19.1 Å². The number of piperidine rings is 1. The van der Waals surface area contributed by atoms with Crippen molar-refractivity contribution in [2.75, 3.05) is 26.3 Å². The minimum absolute atomic E-state index is 0.107. The molecule has 4 heteroatoms. The van der Waals surface area contributed by atoms with Crippen molar-refractivity contribution in [2.45, 2.75) is 31.7 Å². The molecule has 1 aromatic rings. The zero-order chi connectivity index (χ0) is 15.2. The molecule has 1 aromatic carbocycles. The number of hydrogen-bond acceptors (Lipinski definition) is 3. The Morgan fingerprint density at radius 3 is 2.68 bits per heavy atom. The molecule has 2 N–H and O–H groups in total. The number of ether oxygens (including phenoxy) is 1. The molecule has 0 aliphatic carbocycles. The van der Waals surface area contributed by atoms with Gasteiger partial charge >= 0.3 is 0 Å². The van der Waals surface area contributed by atoms with Crippen molar-refractivity contribution < 1.29 is 9.53 Å². The van der Waals surface area contributed by atoms with Gasteiger partial charge in [-0.1, -0.05) is 30.3 Å². The van der Waals surface area contributed by atoms with Crippen LogP contribution in [-0.4, -0.2) is 32.2 Å². The van der Waals surface area contributed by atoms with Gasteiger partial charge in [0.05, 0.1) is 6.04 Å². The third-order valence-corrected chi connectivity index (χ3v) is 4.82. The van der Waals surface area contributed by atoms with E-state index in [4.69, 9.17) is 4.74 Å². The Bertz CT molecular complexity index is 465. The lowest BCUT2D eigenvalue weighted by atomic mass is 9.92. The van der Waals surface area contributed by atoms with E-state index in [0.717, 1.165) is 52.0 Å². The van der Waals surface area contributed by atoms with Crippen molar-refractivity contribution in [1.29, 1.82) is 0 Å². The molecule has 2 atom stereocenters. The first-order valence-electron chi connectivity index (χ1n) is 8.46. The van der Waals surface area contributed by atoms with Gasteiger partial charge in [-0.25, -0.2) is 0 Å². The number of hydrogen-bond donors (Lipinski definition) is 2. The monoisotopic (exact) mass is 302 g/mol. The van der Waals surface area contributed by atoms with Crippen molar-refractivity contribution in [2.24, 2.45) is 11.8 Å². The molecule has 2 aliphatic rings. The molecule has 0 bridgehead atoms. The highest BCUT2D eigenvalue weighted by molar-refractivity contribution is 5.79. The highest BCUT2D eigenvalue weighted by Gasteiger charge is 2.26. The van der Waals surface area contributed by atoms with Crippen molar-refractivity contribution in [1.82, 2.24) is 10.6 Å². The Hall–Kier alpha value is -1.39. The van der Waals surface area contributed by atoms with Gasteiger partial charge in [-0.05, 0) is 50.3 Å². The normalized spacial score (nSPS) is 24.1. The van der Waals surface area contributed by atoms with Crippen LogP contribution in [0.5, 0.6) is 0 Å². The third kappa shape index (κ3) is 4.08. The summed E-state index contributed by atoms with van der Waals surface area (Å²) in [4.78, 5) is 12.6. The predicted octanol–water partition coefficient (Wildman–Crippen LogP) is 2.27. The Labute approximate surface area is 132 Å². The van der Waals surface area contributed by atoms with E-state index < -0.39 is 0 Å². The van der Waals surface area contributed by atoms with Crippen LogP contribution in [0.15, 0.2) is 30.3 Å². The SMILES string of the molecule is O=C(NC(CC1CCOC1)c1ccccc1)C1CCNCC1. The molecule has 2 heterocycles. The van der Waals surface area contributed by atoms with E-state index in [2.05, 4.69) is 22.8 Å². The van der Waals surface area contributed by atoms with Crippen LogP contribution in [0.3, 0.4) is 0 Å². The standard InChI is InChI=1S/C18H26N2O2/c21-18(16-6-9-19-10-7-16)20-17(12-14-8-11-22-13-14)15-4-2-1-3-5-15/h1-5,14,16-17,19H,6-13H2,(H,20,21). The summed E-state index contributed by atoms with van der Waals surface area (Å²) in [6.07, 6.45) is 3.97. The number of amides is 1. The van der Waals surface area contributed by atoms with E-state index in [9.17, 15) is 4.79 Å². The fraction of sp³-hybridized carbons (Fsp3) is 0.611. The lowest BCUT2D eigenvalue weighted by Crippen LogP contribution is -2.40. The van der Waals surface area contributed by atoms with E-state index in [1.54, 1.807) is 0 Å². The van der Waals surface area contributed by atoms with E-state index in [1.165, 1.54) is 5.56 Å². The van der Waals surface area contributed by atoms with Crippen LogP contribution in [0, 0.1) is 11.8 Å².